The number of aromatic nitrogens is 2. The first-order valence-electron chi connectivity index (χ1n) is 7.63. The standard InChI is InChI=1S/C16H24ClN3S/c1-5-11-8-9-21-16(11)13(18-4)10-14-15(17)12(6-2)19-20(14)7-3/h8-9,13,18H,5-7,10H2,1-4H3. The lowest BCUT2D eigenvalue weighted by Crippen LogP contribution is -2.20. The van der Waals surface area contributed by atoms with E-state index in [1.54, 1.807) is 0 Å². The summed E-state index contributed by atoms with van der Waals surface area (Å²) in [6.45, 7) is 7.28. The fourth-order valence-corrected chi connectivity index (χ4v) is 4.13. The fraction of sp³-hybridized carbons (Fsp3) is 0.562. The molecule has 1 unspecified atom stereocenters. The molecule has 0 radical (unpaired) electrons. The predicted molar refractivity (Wildman–Crippen MR) is 91.5 cm³/mol. The van der Waals surface area contributed by atoms with Gasteiger partial charge in [0.05, 0.1) is 16.4 Å². The molecule has 5 heteroatoms. The van der Waals surface area contributed by atoms with E-state index in [0.29, 0.717) is 6.04 Å². The van der Waals surface area contributed by atoms with Gasteiger partial charge >= 0.3 is 0 Å². The number of hydrogen-bond donors (Lipinski definition) is 1. The first kappa shape index (κ1) is 16.5. The van der Waals surface area contributed by atoms with Crippen molar-refractivity contribution in [3.05, 3.63) is 38.3 Å². The lowest BCUT2D eigenvalue weighted by Gasteiger charge is -2.17. The topological polar surface area (TPSA) is 29.9 Å². The summed E-state index contributed by atoms with van der Waals surface area (Å²) in [4.78, 5) is 1.41. The maximum atomic E-state index is 6.54. The normalized spacial score (nSPS) is 12.8. The molecule has 0 spiro atoms. The molecule has 1 N–H and O–H groups in total. The van der Waals surface area contributed by atoms with Gasteiger partial charge in [-0.3, -0.25) is 4.68 Å². The van der Waals surface area contributed by atoms with Gasteiger partial charge in [-0.1, -0.05) is 25.4 Å². The molecule has 2 aromatic rings. The largest absolute Gasteiger partial charge is 0.312 e. The van der Waals surface area contributed by atoms with E-state index < -0.39 is 0 Å². The van der Waals surface area contributed by atoms with Gasteiger partial charge in [-0.25, -0.2) is 0 Å². The van der Waals surface area contributed by atoms with Crippen LogP contribution in [0.25, 0.3) is 0 Å². The third kappa shape index (κ3) is 3.33. The van der Waals surface area contributed by atoms with Crippen molar-refractivity contribution in [1.29, 1.82) is 0 Å². The van der Waals surface area contributed by atoms with E-state index >= 15 is 0 Å². The summed E-state index contributed by atoms with van der Waals surface area (Å²) >= 11 is 8.36. The van der Waals surface area contributed by atoms with E-state index in [-0.39, 0.29) is 0 Å². The second-order valence-electron chi connectivity index (χ2n) is 5.09. The van der Waals surface area contributed by atoms with Gasteiger partial charge in [0.25, 0.3) is 0 Å². The van der Waals surface area contributed by atoms with Crippen LogP contribution in [-0.2, 0) is 25.8 Å². The molecular weight excluding hydrogens is 302 g/mol. The molecular formula is C16H24ClN3S. The highest BCUT2D eigenvalue weighted by molar-refractivity contribution is 7.10. The zero-order valence-corrected chi connectivity index (χ0v) is 14.8. The van der Waals surface area contributed by atoms with Crippen LogP contribution in [0.3, 0.4) is 0 Å². The Morgan fingerprint density at radius 2 is 2.10 bits per heavy atom. The van der Waals surface area contributed by atoms with E-state index in [1.807, 2.05) is 23.1 Å². The molecule has 0 amide bonds. The zero-order valence-electron chi connectivity index (χ0n) is 13.2. The lowest BCUT2D eigenvalue weighted by molar-refractivity contribution is 0.544. The molecule has 2 aromatic heterocycles. The highest BCUT2D eigenvalue weighted by atomic mass is 35.5. The molecule has 0 fully saturated rings. The van der Waals surface area contributed by atoms with Crippen LogP contribution >= 0.6 is 22.9 Å². The van der Waals surface area contributed by atoms with Crippen molar-refractivity contribution in [3.63, 3.8) is 0 Å². The number of halogens is 1. The molecule has 0 saturated carbocycles. The molecule has 2 rings (SSSR count). The second kappa shape index (κ2) is 7.43. The van der Waals surface area contributed by atoms with Gasteiger partial charge in [-0.15, -0.1) is 11.3 Å². The molecule has 3 nitrogen and oxygen atoms in total. The van der Waals surface area contributed by atoms with E-state index in [4.69, 9.17) is 11.6 Å². The van der Waals surface area contributed by atoms with E-state index in [2.05, 4.69) is 42.6 Å². The number of hydrogen-bond acceptors (Lipinski definition) is 3. The molecule has 0 bridgehead atoms. The Balaban J connectivity index is 2.33. The van der Waals surface area contributed by atoms with Crippen molar-refractivity contribution in [3.8, 4) is 0 Å². The summed E-state index contributed by atoms with van der Waals surface area (Å²) in [6.07, 6.45) is 2.82. The van der Waals surface area contributed by atoms with Crippen LogP contribution in [0, 0.1) is 0 Å². The molecule has 0 aromatic carbocycles. The molecule has 2 heterocycles. The molecule has 21 heavy (non-hydrogen) atoms. The SMILES string of the molecule is CCc1ccsc1C(Cc1c(Cl)c(CC)nn1CC)NC. The Hall–Kier alpha value is -0.840. The Morgan fingerprint density at radius 1 is 1.33 bits per heavy atom. The second-order valence-corrected chi connectivity index (χ2v) is 6.41. The van der Waals surface area contributed by atoms with Crippen molar-refractivity contribution < 1.29 is 0 Å². The van der Waals surface area contributed by atoms with Crippen molar-refractivity contribution >= 4 is 22.9 Å². The average Bonchev–Trinajstić information content (AvgIpc) is 3.09. The minimum absolute atomic E-state index is 0.296. The van der Waals surface area contributed by atoms with Gasteiger partial charge < -0.3 is 5.32 Å². The number of rotatable bonds is 7. The summed E-state index contributed by atoms with van der Waals surface area (Å²) in [5.74, 6) is 0. The van der Waals surface area contributed by atoms with Crippen LogP contribution in [0.5, 0.6) is 0 Å². The molecule has 1 atom stereocenters. The zero-order chi connectivity index (χ0) is 15.4. The highest BCUT2D eigenvalue weighted by Gasteiger charge is 2.21. The van der Waals surface area contributed by atoms with Gasteiger partial charge in [0.2, 0.25) is 0 Å². The summed E-state index contributed by atoms with van der Waals surface area (Å²) in [5.41, 5.74) is 3.57. The van der Waals surface area contributed by atoms with Crippen LogP contribution in [-0.4, -0.2) is 16.8 Å². The van der Waals surface area contributed by atoms with E-state index in [1.165, 1.54) is 10.4 Å². The van der Waals surface area contributed by atoms with Crippen LogP contribution in [0.15, 0.2) is 11.4 Å². The monoisotopic (exact) mass is 325 g/mol. The first-order valence-corrected chi connectivity index (χ1v) is 8.89. The first-order chi connectivity index (χ1) is 10.2. The maximum absolute atomic E-state index is 6.54. The number of aryl methyl sites for hydroxylation is 3. The Morgan fingerprint density at radius 3 is 2.67 bits per heavy atom. The van der Waals surface area contributed by atoms with Gasteiger partial charge in [-0.05, 0) is 43.8 Å². The van der Waals surface area contributed by atoms with Crippen molar-refractivity contribution in [2.45, 2.75) is 52.6 Å². The quantitative estimate of drug-likeness (QED) is 0.825. The molecule has 0 aliphatic rings. The molecule has 116 valence electrons. The third-order valence-electron chi connectivity index (χ3n) is 3.92. The summed E-state index contributed by atoms with van der Waals surface area (Å²) < 4.78 is 2.05. The Kier molecular flexibility index (Phi) is 5.85. The van der Waals surface area contributed by atoms with E-state index in [9.17, 15) is 0 Å². The van der Waals surface area contributed by atoms with Crippen LogP contribution < -0.4 is 5.32 Å². The lowest BCUT2D eigenvalue weighted by atomic mass is 10.0. The minimum Gasteiger partial charge on any atom is -0.312 e. The smallest absolute Gasteiger partial charge is 0.0850 e. The van der Waals surface area contributed by atoms with Gasteiger partial charge in [0, 0.05) is 23.9 Å². The van der Waals surface area contributed by atoms with Gasteiger partial charge in [-0.2, -0.15) is 5.10 Å². The van der Waals surface area contributed by atoms with Gasteiger partial charge in [0.15, 0.2) is 0 Å². The van der Waals surface area contributed by atoms with Crippen molar-refractivity contribution in [2.24, 2.45) is 0 Å². The molecule has 0 aliphatic heterocycles. The predicted octanol–water partition coefficient (Wildman–Crippen LogP) is 4.25. The summed E-state index contributed by atoms with van der Waals surface area (Å²) in [5, 5.41) is 11.1. The molecule has 0 saturated heterocycles. The highest BCUT2D eigenvalue weighted by Crippen LogP contribution is 2.31. The maximum Gasteiger partial charge on any atom is 0.0850 e. The third-order valence-corrected chi connectivity index (χ3v) is 5.43. The number of nitrogens with one attached hydrogen (secondary N) is 1. The number of thiophene rings is 1. The van der Waals surface area contributed by atoms with Crippen LogP contribution in [0.2, 0.25) is 5.02 Å². The van der Waals surface area contributed by atoms with Crippen molar-refractivity contribution in [2.75, 3.05) is 7.05 Å². The summed E-state index contributed by atoms with van der Waals surface area (Å²) in [6, 6.07) is 2.52. The van der Waals surface area contributed by atoms with Crippen molar-refractivity contribution in [1.82, 2.24) is 15.1 Å². The molecule has 0 aliphatic carbocycles. The Bertz CT molecular complexity index is 588. The van der Waals surface area contributed by atoms with Crippen LogP contribution in [0.1, 0.15) is 48.6 Å². The number of nitrogens with zero attached hydrogens (tertiary/aromatic N) is 2. The average molecular weight is 326 g/mol. The van der Waals surface area contributed by atoms with Gasteiger partial charge in [0.1, 0.15) is 0 Å². The van der Waals surface area contributed by atoms with E-state index in [0.717, 1.165) is 42.2 Å². The number of likely N-dealkylation sites (N-methyl/N-ethyl adjacent to an activating group) is 1. The Labute approximate surface area is 136 Å². The fourth-order valence-electron chi connectivity index (χ4n) is 2.68. The van der Waals surface area contributed by atoms with Crippen LogP contribution in [0.4, 0.5) is 0 Å². The minimum atomic E-state index is 0.296. The summed E-state index contributed by atoms with van der Waals surface area (Å²) in [7, 11) is 2.02.